The minimum atomic E-state index is 0.518. The molecule has 0 atom stereocenters. The van der Waals surface area contributed by atoms with Crippen molar-refractivity contribution >= 4 is 15.4 Å². The lowest BCUT2D eigenvalue weighted by molar-refractivity contribution is 0.363. The highest BCUT2D eigenvalue weighted by atomic mass is 28.1. The number of hydrogen-bond acceptors (Lipinski definition) is 1. The fourth-order valence-corrected chi connectivity index (χ4v) is 2.13. The van der Waals surface area contributed by atoms with E-state index in [9.17, 15) is 0 Å². The van der Waals surface area contributed by atoms with E-state index in [1.54, 1.807) is 6.08 Å². The largest absolute Gasteiger partial charge is 0.490 e. The monoisotopic (exact) mass is 264 g/mol. The zero-order valence-electron chi connectivity index (χ0n) is 11.0. The summed E-state index contributed by atoms with van der Waals surface area (Å²) in [5, 5.41) is 1.23. The van der Waals surface area contributed by atoms with Crippen LogP contribution in [0.3, 0.4) is 0 Å². The molecule has 0 heterocycles. The average molecular weight is 264 g/mol. The number of rotatable bonds is 3. The second-order valence-electron chi connectivity index (χ2n) is 4.30. The van der Waals surface area contributed by atoms with E-state index in [1.165, 1.54) is 16.3 Å². The molecule has 0 saturated carbocycles. The lowest BCUT2D eigenvalue weighted by Gasteiger charge is -2.04. The van der Waals surface area contributed by atoms with Gasteiger partial charge in [-0.1, -0.05) is 48.0 Å². The van der Waals surface area contributed by atoms with Gasteiger partial charge in [0.15, 0.2) is 0 Å². The van der Waals surface area contributed by atoms with Crippen LogP contribution in [-0.2, 0) is 0 Å². The van der Waals surface area contributed by atoms with Crippen molar-refractivity contribution in [2.24, 2.45) is 0 Å². The van der Waals surface area contributed by atoms with Crippen molar-refractivity contribution in [3.63, 3.8) is 0 Å². The molecule has 2 aliphatic carbocycles. The van der Waals surface area contributed by atoms with Crippen LogP contribution in [0.15, 0.2) is 55.1 Å². The average Bonchev–Trinajstić information content (AvgIpc) is 3.05. The summed E-state index contributed by atoms with van der Waals surface area (Å²) in [6.07, 6.45) is 7.06. The minimum Gasteiger partial charge on any atom is -0.490 e. The SMILES string of the molecule is C#Cc1cc(OCC=C)ccc1[SiH3].c1cc2cc-2c1. The third-order valence-corrected chi connectivity index (χ3v) is 3.72. The standard InChI is InChI=1S/C11H12OSi.C6H4/c1-3-7-12-10-5-6-11(13)9(4-2)8-10;1-2-5-4-6(5)3-1/h2-3,5-6,8H,1,7H2,13H3;1-4H. The van der Waals surface area contributed by atoms with E-state index >= 15 is 0 Å². The molecule has 3 rings (SSSR count). The van der Waals surface area contributed by atoms with Gasteiger partial charge in [0.1, 0.15) is 12.4 Å². The summed E-state index contributed by atoms with van der Waals surface area (Å²) in [4.78, 5) is 0. The molecule has 0 saturated heterocycles. The summed E-state index contributed by atoms with van der Waals surface area (Å²) in [7, 11) is 0.970. The normalized spacial score (nSPS) is 9.84. The van der Waals surface area contributed by atoms with Crippen molar-refractivity contribution < 1.29 is 4.74 Å². The highest BCUT2D eigenvalue weighted by molar-refractivity contribution is 6.33. The van der Waals surface area contributed by atoms with Crippen LogP contribution in [0.5, 0.6) is 5.75 Å². The van der Waals surface area contributed by atoms with Crippen LogP contribution < -0.4 is 9.92 Å². The first-order valence-electron chi connectivity index (χ1n) is 6.16. The van der Waals surface area contributed by atoms with Gasteiger partial charge in [-0.25, -0.2) is 0 Å². The maximum atomic E-state index is 5.35. The first kappa shape index (κ1) is 13.2. The molecule has 1 aromatic carbocycles. The Morgan fingerprint density at radius 3 is 2.42 bits per heavy atom. The third-order valence-electron chi connectivity index (χ3n) is 2.84. The van der Waals surface area contributed by atoms with Crippen molar-refractivity contribution in [3.05, 3.63) is 60.7 Å². The lowest BCUT2D eigenvalue weighted by atomic mass is 10.2. The van der Waals surface area contributed by atoms with Crippen molar-refractivity contribution in [3.8, 4) is 29.2 Å². The summed E-state index contributed by atoms with van der Waals surface area (Å²) >= 11 is 0. The van der Waals surface area contributed by atoms with E-state index in [1.807, 2.05) is 18.2 Å². The molecule has 0 aromatic heterocycles. The van der Waals surface area contributed by atoms with Gasteiger partial charge in [-0.05, 0) is 29.3 Å². The van der Waals surface area contributed by atoms with Crippen LogP contribution in [0.1, 0.15) is 5.56 Å². The van der Waals surface area contributed by atoms with Gasteiger partial charge >= 0.3 is 0 Å². The quantitative estimate of drug-likeness (QED) is 0.399. The Bertz CT molecular complexity index is 621. The summed E-state index contributed by atoms with van der Waals surface area (Å²) in [5.41, 5.74) is 3.79. The predicted molar refractivity (Wildman–Crippen MR) is 85.1 cm³/mol. The van der Waals surface area contributed by atoms with Gasteiger partial charge in [-0.15, -0.1) is 6.42 Å². The number of fused-ring (bicyclic) bond motifs is 1. The number of terminal acetylenes is 1. The van der Waals surface area contributed by atoms with Crippen LogP contribution >= 0.6 is 0 Å². The molecular weight excluding hydrogens is 248 g/mol. The van der Waals surface area contributed by atoms with E-state index < -0.39 is 0 Å². The molecular formula is C17H16OSi. The zero-order valence-corrected chi connectivity index (χ0v) is 13.0. The summed E-state index contributed by atoms with van der Waals surface area (Å²) in [6, 6.07) is 14.3. The lowest BCUT2D eigenvalue weighted by Crippen LogP contribution is -2.07. The number of hydrogen-bond donors (Lipinski definition) is 0. The van der Waals surface area contributed by atoms with E-state index in [0.717, 1.165) is 21.6 Å². The van der Waals surface area contributed by atoms with Crippen molar-refractivity contribution in [1.29, 1.82) is 0 Å². The fourth-order valence-electron chi connectivity index (χ4n) is 1.68. The van der Waals surface area contributed by atoms with Gasteiger partial charge in [0.2, 0.25) is 0 Å². The van der Waals surface area contributed by atoms with Crippen molar-refractivity contribution in [2.75, 3.05) is 6.61 Å². The molecule has 0 spiro atoms. The summed E-state index contributed by atoms with van der Waals surface area (Å²) in [5.74, 6) is 3.45. The Morgan fingerprint density at radius 1 is 1.21 bits per heavy atom. The van der Waals surface area contributed by atoms with Gasteiger partial charge < -0.3 is 4.74 Å². The van der Waals surface area contributed by atoms with Crippen molar-refractivity contribution in [1.82, 2.24) is 0 Å². The van der Waals surface area contributed by atoms with Gasteiger partial charge in [-0.2, -0.15) is 0 Å². The molecule has 0 N–H and O–H groups in total. The van der Waals surface area contributed by atoms with E-state index in [2.05, 4.69) is 36.8 Å². The molecule has 0 bridgehead atoms. The van der Waals surface area contributed by atoms with Crippen LogP contribution in [0.2, 0.25) is 0 Å². The Balaban J connectivity index is 0.000000180. The van der Waals surface area contributed by atoms with Crippen molar-refractivity contribution in [2.45, 2.75) is 0 Å². The van der Waals surface area contributed by atoms with Crippen LogP contribution in [0.4, 0.5) is 0 Å². The highest BCUT2D eigenvalue weighted by Gasteiger charge is 2.06. The van der Waals surface area contributed by atoms with E-state index in [4.69, 9.17) is 11.2 Å². The molecule has 0 aliphatic heterocycles. The Kier molecular flexibility index (Phi) is 4.22. The van der Waals surface area contributed by atoms with E-state index in [0.29, 0.717) is 6.61 Å². The third kappa shape index (κ3) is 3.61. The molecule has 1 aromatic rings. The molecule has 2 aliphatic rings. The number of benzene rings is 2. The smallest absolute Gasteiger partial charge is 0.121 e. The van der Waals surface area contributed by atoms with Crippen LogP contribution in [-0.4, -0.2) is 16.8 Å². The summed E-state index contributed by atoms with van der Waals surface area (Å²) < 4.78 is 5.35. The molecule has 0 fully saturated rings. The molecule has 1 nitrogen and oxygen atoms in total. The topological polar surface area (TPSA) is 9.23 Å². The highest BCUT2D eigenvalue weighted by Crippen LogP contribution is 2.32. The molecule has 0 radical (unpaired) electrons. The fraction of sp³-hybridized carbons (Fsp3) is 0.0588. The van der Waals surface area contributed by atoms with Gasteiger partial charge in [0.25, 0.3) is 0 Å². The first-order chi connectivity index (χ1) is 9.24. The molecule has 2 heteroatoms. The molecule has 0 unspecified atom stereocenters. The van der Waals surface area contributed by atoms with Crippen LogP contribution in [0, 0.1) is 12.3 Å². The minimum absolute atomic E-state index is 0.518. The number of ether oxygens (including phenoxy) is 1. The maximum Gasteiger partial charge on any atom is 0.121 e. The molecule has 0 amide bonds. The predicted octanol–water partition coefficient (Wildman–Crippen LogP) is 1.89. The van der Waals surface area contributed by atoms with Gasteiger partial charge in [-0.3, -0.25) is 0 Å². The zero-order chi connectivity index (χ0) is 13.7. The Morgan fingerprint density at radius 2 is 1.95 bits per heavy atom. The maximum absolute atomic E-state index is 5.35. The van der Waals surface area contributed by atoms with Crippen LogP contribution in [0.25, 0.3) is 11.1 Å². The summed E-state index contributed by atoms with van der Waals surface area (Å²) in [6.45, 7) is 4.10. The Labute approximate surface area is 117 Å². The second-order valence-corrected chi connectivity index (χ2v) is 5.38. The van der Waals surface area contributed by atoms with Gasteiger partial charge in [0.05, 0.1) is 0 Å². The van der Waals surface area contributed by atoms with Gasteiger partial charge in [0, 0.05) is 15.8 Å². The Hall–Kier alpha value is -2.24. The second kappa shape index (κ2) is 6.08. The van der Waals surface area contributed by atoms with E-state index in [-0.39, 0.29) is 0 Å². The molecule has 94 valence electrons. The molecule has 19 heavy (non-hydrogen) atoms. The first-order valence-corrected chi connectivity index (χ1v) is 7.16.